The van der Waals surface area contributed by atoms with Crippen LogP contribution in [0.3, 0.4) is 0 Å². The van der Waals surface area contributed by atoms with Gasteiger partial charge in [-0.1, -0.05) is 26.0 Å². The predicted octanol–water partition coefficient (Wildman–Crippen LogP) is 2.61. The summed E-state index contributed by atoms with van der Waals surface area (Å²) >= 11 is 0. The number of methoxy groups -OCH3 is 1. The van der Waals surface area contributed by atoms with E-state index in [1.165, 1.54) is 5.57 Å². The van der Waals surface area contributed by atoms with E-state index < -0.39 is 5.79 Å². The highest BCUT2D eigenvalue weighted by molar-refractivity contribution is 4.90. The fraction of sp³-hybridized carbons (Fsp3) is 0.833. The molecule has 0 spiro atoms. The van der Waals surface area contributed by atoms with E-state index in [0.717, 1.165) is 0 Å². The molecule has 0 atom stereocenters. The zero-order valence-corrected chi connectivity index (χ0v) is 10.6. The van der Waals surface area contributed by atoms with Crippen molar-refractivity contribution in [1.82, 2.24) is 0 Å². The zero-order chi connectivity index (χ0) is 11.9. The first-order chi connectivity index (χ1) is 6.91. The minimum atomic E-state index is -0.477. The molecule has 0 saturated carbocycles. The number of hydrogen-bond donors (Lipinski definition) is 0. The molecule has 0 radical (unpaired) electrons. The van der Waals surface area contributed by atoms with Gasteiger partial charge in [0.15, 0.2) is 5.79 Å². The highest BCUT2D eigenvalue weighted by Crippen LogP contribution is 2.17. The molecule has 0 aromatic heterocycles. The monoisotopic (exact) mass is 216 g/mol. The van der Waals surface area contributed by atoms with Crippen molar-refractivity contribution in [3.05, 3.63) is 12.2 Å². The first-order valence-electron chi connectivity index (χ1n) is 5.33. The molecule has 1 rings (SSSR count). The topological polar surface area (TPSA) is 27.7 Å². The number of rotatable bonds is 3. The van der Waals surface area contributed by atoms with Gasteiger partial charge in [0, 0.05) is 7.11 Å². The van der Waals surface area contributed by atoms with Crippen molar-refractivity contribution in [2.45, 2.75) is 33.5 Å². The largest absolute Gasteiger partial charge is 0.379 e. The SMILES string of the molecule is C=C(C)C(C)C.COCC1(C)OCCO1. The molecule has 15 heavy (non-hydrogen) atoms. The molecular weight excluding hydrogens is 192 g/mol. The van der Waals surface area contributed by atoms with Crippen molar-refractivity contribution in [3.8, 4) is 0 Å². The molecule has 1 heterocycles. The van der Waals surface area contributed by atoms with Crippen molar-refractivity contribution < 1.29 is 14.2 Å². The Morgan fingerprint density at radius 1 is 1.40 bits per heavy atom. The molecule has 1 aliphatic heterocycles. The minimum absolute atomic E-state index is 0.477. The van der Waals surface area contributed by atoms with Crippen molar-refractivity contribution in [3.63, 3.8) is 0 Å². The third kappa shape index (κ3) is 6.66. The molecule has 3 heteroatoms. The van der Waals surface area contributed by atoms with Gasteiger partial charge in [0.25, 0.3) is 0 Å². The van der Waals surface area contributed by atoms with E-state index in [0.29, 0.717) is 25.7 Å². The van der Waals surface area contributed by atoms with E-state index in [4.69, 9.17) is 14.2 Å². The smallest absolute Gasteiger partial charge is 0.189 e. The minimum Gasteiger partial charge on any atom is -0.379 e. The highest BCUT2D eigenvalue weighted by atomic mass is 16.7. The van der Waals surface area contributed by atoms with Crippen LogP contribution in [0, 0.1) is 5.92 Å². The van der Waals surface area contributed by atoms with Crippen LogP contribution in [0.5, 0.6) is 0 Å². The molecule has 90 valence electrons. The van der Waals surface area contributed by atoms with Crippen LogP contribution in [0.15, 0.2) is 12.2 Å². The lowest BCUT2D eigenvalue weighted by molar-refractivity contribution is -0.174. The van der Waals surface area contributed by atoms with E-state index in [-0.39, 0.29) is 0 Å². The van der Waals surface area contributed by atoms with Gasteiger partial charge in [0.1, 0.15) is 0 Å². The maximum absolute atomic E-state index is 5.23. The van der Waals surface area contributed by atoms with Crippen molar-refractivity contribution in [1.29, 1.82) is 0 Å². The Bertz CT molecular complexity index is 181. The summed E-state index contributed by atoms with van der Waals surface area (Å²) in [5.41, 5.74) is 1.26. The third-order valence-electron chi connectivity index (χ3n) is 2.29. The average Bonchev–Trinajstić information content (AvgIpc) is 2.53. The summed E-state index contributed by atoms with van der Waals surface area (Å²) in [5, 5.41) is 0. The summed E-state index contributed by atoms with van der Waals surface area (Å²) in [4.78, 5) is 0. The molecule has 0 N–H and O–H groups in total. The Kier molecular flexibility index (Phi) is 6.81. The van der Waals surface area contributed by atoms with Gasteiger partial charge < -0.3 is 14.2 Å². The summed E-state index contributed by atoms with van der Waals surface area (Å²) in [7, 11) is 1.64. The van der Waals surface area contributed by atoms with Gasteiger partial charge in [-0.15, -0.1) is 0 Å². The van der Waals surface area contributed by atoms with Crippen molar-refractivity contribution in [2.75, 3.05) is 26.9 Å². The number of allylic oxidation sites excluding steroid dienone is 1. The van der Waals surface area contributed by atoms with E-state index in [2.05, 4.69) is 20.4 Å². The fourth-order valence-corrected chi connectivity index (χ4v) is 0.902. The normalized spacial score (nSPS) is 18.5. The second-order valence-corrected chi connectivity index (χ2v) is 4.26. The molecule has 3 nitrogen and oxygen atoms in total. The van der Waals surface area contributed by atoms with Crippen LogP contribution >= 0.6 is 0 Å². The Morgan fingerprint density at radius 2 is 1.80 bits per heavy atom. The number of hydrogen-bond acceptors (Lipinski definition) is 3. The molecule has 0 amide bonds. The summed E-state index contributed by atoms with van der Waals surface area (Å²) in [6.45, 7) is 13.8. The van der Waals surface area contributed by atoms with Gasteiger partial charge >= 0.3 is 0 Å². The van der Waals surface area contributed by atoms with Crippen LogP contribution < -0.4 is 0 Å². The molecule has 0 aliphatic carbocycles. The van der Waals surface area contributed by atoms with E-state index in [1.807, 2.05) is 13.8 Å². The molecule has 1 aliphatic rings. The number of ether oxygens (including phenoxy) is 3. The first kappa shape index (κ1) is 14.6. The summed E-state index contributed by atoms with van der Waals surface area (Å²) in [5.74, 6) is 0.180. The lowest BCUT2D eigenvalue weighted by Crippen LogP contribution is -2.31. The second-order valence-electron chi connectivity index (χ2n) is 4.26. The van der Waals surface area contributed by atoms with Crippen LogP contribution in [-0.4, -0.2) is 32.7 Å². The van der Waals surface area contributed by atoms with Gasteiger partial charge in [-0.05, 0) is 19.8 Å². The Morgan fingerprint density at radius 3 is 2.07 bits per heavy atom. The molecule has 1 saturated heterocycles. The van der Waals surface area contributed by atoms with E-state index >= 15 is 0 Å². The standard InChI is InChI=1S/C6H12O3.C6H12/c1-6(5-7-2)8-3-4-9-6;1-5(2)6(3)4/h3-5H2,1-2H3;6H,1H2,2-4H3. The van der Waals surface area contributed by atoms with Crippen LogP contribution in [0.25, 0.3) is 0 Å². The molecule has 0 unspecified atom stereocenters. The highest BCUT2D eigenvalue weighted by Gasteiger charge is 2.30. The molecule has 0 bridgehead atoms. The maximum atomic E-state index is 5.23. The van der Waals surface area contributed by atoms with E-state index in [9.17, 15) is 0 Å². The first-order valence-corrected chi connectivity index (χ1v) is 5.33. The molecular formula is C12H24O3. The van der Waals surface area contributed by atoms with E-state index in [1.54, 1.807) is 7.11 Å². The Hall–Kier alpha value is -0.380. The summed E-state index contributed by atoms with van der Waals surface area (Å²) < 4.78 is 15.3. The lowest BCUT2D eigenvalue weighted by atomic mass is 10.1. The predicted molar refractivity (Wildman–Crippen MR) is 61.8 cm³/mol. The van der Waals surface area contributed by atoms with Gasteiger partial charge in [0.2, 0.25) is 0 Å². The van der Waals surface area contributed by atoms with Crippen LogP contribution in [0.4, 0.5) is 0 Å². The fourth-order valence-electron chi connectivity index (χ4n) is 0.902. The van der Waals surface area contributed by atoms with Crippen molar-refractivity contribution >= 4 is 0 Å². The summed E-state index contributed by atoms with van der Waals surface area (Å²) in [6.07, 6.45) is 0. The molecule has 0 aromatic carbocycles. The van der Waals surface area contributed by atoms with Gasteiger partial charge in [-0.3, -0.25) is 0 Å². The second kappa shape index (κ2) is 6.99. The van der Waals surface area contributed by atoms with Gasteiger partial charge in [-0.2, -0.15) is 0 Å². The quantitative estimate of drug-likeness (QED) is 0.679. The maximum Gasteiger partial charge on any atom is 0.189 e. The van der Waals surface area contributed by atoms with Gasteiger partial charge in [-0.25, -0.2) is 0 Å². The summed E-state index contributed by atoms with van der Waals surface area (Å²) in [6, 6.07) is 0. The molecule has 1 fully saturated rings. The van der Waals surface area contributed by atoms with Crippen LogP contribution in [-0.2, 0) is 14.2 Å². The lowest BCUT2D eigenvalue weighted by Gasteiger charge is -2.20. The van der Waals surface area contributed by atoms with Crippen LogP contribution in [0.1, 0.15) is 27.7 Å². The van der Waals surface area contributed by atoms with Crippen LogP contribution in [0.2, 0.25) is 0 Å². The third-order valence-corrected chi connectivity index (χ3v) is 2.29. The molecule has 0 aromatic rings. The average molecular weight is 216 g/mol. The zero-order valence-electron chi connectivity index (χ0n) is 10.6. The Labute approximate surface area is 93.4 Å². The van der Waals surface area contributed by atoms with Gasteiger partial charge in [0.05, 0.1) is 19.8 Å². The Balaban J connectivity index is 0.000000288. The van der Waals surface area contributed by atoms with Crippen molar-refractivity contribution in [2.24, 2.45) is 5.92 Å².